The lowest BCUT2D eigenvalue weighted by molar-refractivity contribution is 0.0618. The van der Waals surface area contributed by atoms with Gasteiger partial charge in [0.25, 0.3) is 0 Å². The minimum atomic E-state index is -2.71. The zero-order valence-electron chi connectivity index (χ0n) is 20.0. The van der Waals surface area contributed by atoms with Gasteiger partial charge in [-0.05, 0) is 39.3 Å². The summed E-state index contributed by atoms with van der Waals surface area (Å²) in [5, 5.41) is 3.46. The highest BCUT2D eigenvalue weighted by Gasteiger charge is 2.46. The van der Waals surface area contributed by atoms with Gasteiger partial charge in [0.15, 0.2) is 11.5 Å². The Balaban J connectivity index is 2.76. The molecule has 1 rings (SSSR count). The first kappa shape index (κ1) is 27.7. The maximum atomic E-state index is 6.02. The Morgan fingerprint density at radius 2 is 1.35 bits per heavy atom. The second kappa shape index (κ2) is 16.3. The van der Waals surface area contributed by atoms with Gasteiger partial charge in [-0.15, -0.1) is 0 Å². The van der Waals surface area contributed by atoms with Crippen LogP contribution in [0.1, 0.15) is 34.1 Å². The van der Waals surface area contributed by atoms with Crippen molar-refractivity contribution in [1.29, 1.82) is 0 Å². The molecule has 9 heteroatoms. The van der Waals surface area contributed by atoms with Crippen LogP contribution in [0, 0.1) is 0 Å². The van der Waals surface area contributed by atoms with E-state index in [2.05, 4.69) is 12.2 Å². The number of ether oxygens (including phenoxy) is 4. The summed E-state index contributed by atoms with van der Waals surface area (Å²) in [5.74, 6) is 1.36. The van der Waals surface area contributed by atoms with Gasteiger partial charge in [0.2, 0.25) is 0 Å². The second-order valence-corrected chi connectivity index (χ2v) is 9.92. The molecular weight excluding hydrogens is 418 g/mol. The minimum absolute atomic E-state index is 0.175. The Morgan fingerprint density at radius 3 is 1.87 bits per heavy atom. The molecule has 1 unspecified atom stereocenters. The van der Waals surface area contributed by atoms with Crippen LogP contribution < -0.4 is 14.8 Å². The summed E-state index contributed by atoms with van der Waals surface area (Å²) in [6, 6.07) is 5.83. The molecule has 0 saturated carbocycles. The van der Waals surface area contributed by atoms with E-state index in [-0.39, 0.29) is 5.54 Å². The van der Waals surface area contributed by atoms with Crippen molar-refractivity contribution >= 4 is 14.5 Å². The highest BCUT2D eigenvalue weighted by atomic mass is 28.4. The van der Waals surface area contributed by atoms with E-state index in [4.69, 9.17) is 32.2 Å². The molecule has 180 valence electrons. The Bertz CT molecular complexity index is 574. The van der Waals surface area contributed by atoms with Crippen molar-refractivity contribution < 1.29 is 32.2 Å². The molecule has 0 heterocycles. The summed E-state index contributed by atoms with van der Waals surface area (Å²) in [6.07, 6.45) is 0.859. The van der Waals surface area contributed by atoms with E-state index in [9.17, 15) is 0 Å². The van der Waals surface area contributed by atoms with Crippen LogP contribution in [0.4, 0.5) is 5.69 Å². The molecular formula is C22H41NO7Si. The molecule has 0 saturated heterocycles. The van der Waals surface area contributed by atoms with Crippen LogP contribution in [0.2, 0.25) is 5.54 Å². The minimum Gasteiger partial charge on any atom is -0.487 e. The smallest absolute Gasteiger partial charge is 0.487 e. The molecule has 0 aliphatic carbocycles. The molecule has 0 fully saturated rings. The van der Waals surface area contributed by atoms with Crippen molar-refractivity contribution in [2.45, 2.75) is 39.7 Å². The van der Waals surface area contributed by atoms with Crippen LogP contribution in [0.3, 0.4) is 0 Å². The van der Waals surface area contributed by atoms with Crippen molar-refractivity contribution in [3.05, 3.63) is 18.2 Å². The quantitative estimate of drug-likeness (QED) is 0.246. The largest absolute Gasteiger partial charge is 0.503 e. The number of hydrogen-bond donors (Lipinski definition) is 1. The Labute approximate surface area is 188 Å². The third-order valence-corrected chi connectivity index (χ3v) is 8.15. The normalized spacial score (nSPS) is 12.6. The van der Waals surface area contributed by atoms with Gasteiger partial charge < -0.3 is 37.5 Å². The van der Waals surface area contributed by atoms with Crippen molar-refractivity contribution in [1.82, 2.24) is 0 Å². The monoisotopic (exact) mass is 459 g/mol. The van der Waals surface area contributed by atoms with Crippen LogP contribution in [0.15, 0.2) is 18.2 Å². The van der Waals surface area contributed by atoms with E-state index in [1.807, 2.05) is 39.0 Å². The third-order valence-electron chi connectivity index (χ3n) is 4.58. The zero-order valence-corrected chi connectivity index (χ0v) is 21.0. The maximum absolute atomic E-state index is 6.02. The van der Waals surface area contributed by atoms with Crippen LogP contribution in [-0.4, -0.2) is 75.8 Å². The average Bonchev–Trinajstić information content (AvgIpc) is 2.75. The summed E-state index contributed by atoms with van der Waals surface area (Å²) in [7, 11) is 0.586. The number of hydrogen-bond acceptors (Lipinski definition) is 8. The number of rotatable bonds is 19. The number of nitrogens with one attached hydrogen (secondary N) is 1. The SMILES string of the molecule is CCO[Si](OCC)(OCC)C(C)CCNc1ccc(OCCOC)c(OCCOC)c1. The van der Waals surface area contributed by atoms with Gasteiger partial charge in [-0.25, -0.2) is 0 Å². The molecule has 31 heavy (non-hydrogen) atoms. The van der Waals surface area contributed by atoms with Gasteiger partial charge in [-0.1, -0.05) is 6.92 Å². The maximum Gasteiger partial charge on any atom is 0.503 e. The van der Waals surface area contributed by atoms with Crippen molar-refractivity contribution in [3.63, 3.8) is 0 Å². The highest BCUT2D eigenvalue weighted by Crippen LogP contribution is 2.32. The predicted molar refractivity (Wildman–Crippen MR) is 124 cm³/mol. The first-order valence-corrected chi connectivity index (χ1v) is 12.9. The Hall–Kier alpha value is -1.36. The van der Waals surface area contributed by atoms with Gasteiger partial charge in [0.05, 0.1) is 13.2 Å². The van der Waals surface area contributed by atoms with Crippen molar-refractivity contribution in [2.75, 3.05) is 72.3 Å². The lowest BCUT2D eigenvalue weighted by Crippen LogP contribution is -2.50. The van der Waals surface area contributed by atoms with Gasteiger partial charge in [-0.3, -0.25) is 0 Å². The predicted octanol–water partition coefficient (Wildman–Crippen LogP) is 3.98. The second-order valence-electron chi connectivity index (χ2n) is 6.86. The molecule has 0 aromatic heterocycles. The first-order valence-electron chi connectivity index (χ1n) is 11.1. The molecule has 0 bridgehead atoms. The van der Waals surface area contributed by atoms with Gasteiger partial charge in [0, 0.05) is 57.9 Å². The molecule has 1 N–H and O–H groups in total. The summed E-state index contributed by atoms with van der Waals surface area (Å²) < 4.78 is 39.8. The fraction of sp³-hybridized carbons (Fsp3) is 0.727. The van der Waals surface area contributed by atoms with Gasteiger partial charge in [-0.2, -0.15) is 0 Å². The number of methoxy groups -OCH3 is 2. The van der Waals surface area contributed by atoms with E-state index < -0.39 is 8.80 Å². The molecule has 0 radical (unpaired) electrons. The van der Waals surface area contributed by atoms with Gasteiger partial charge in [0.1, 0.15) is 13.2 Å². The third kappa shape index (κ3) is 9.76. The standard InChI is InChI=1S/C22H41NO7Si/c1-7-28-31(29-8-2,30-9-3)19(4)12-13-23-20-10-11-21(26-16-14-24-5)22(18-20)27-17-15-25-6/h10-11,18-19,23H,7-9,12-17H2,1-6H3. The van der Waals surface area contributed by atoms with Crippen molar-refractivity contribution in [3.8, 4) is 11.5 Å². The first-order chi connectivity index (χ1) is 15.1. The lowest BCUT2D eigenvalue weighted by atomic mass is 10.2. The van der Waals surface area contributed by atoms with E-state index in [0.29, 0.717) is 57.7 Å². The Kier molecular flexibility index (Phi) is 14.5. The zero-order chi connectivity index (χ0) is 23.0. The number of benzene rings is 1. The molecule has 8 nitrogen and oxygen atoms in total. The summed E-state index contributed by atoms with van der Waals surface area (Å²) in [6.45, 7) is 12.5. The Morgan fingerprint density at radius 1 is 0.806 bits per heavy atom. The molecule has 0 spiro atoms. The highest BCUT2D eigenvalue weighted by molar-refractivity contribution is 6.62. The topological polar surface area (TPSA) is 76.6 Å². The van der Waals surface area contributed by atoms with Crippen molar-refractivity contribution in [2.24, 2.45) is 0 Å². The van der Waals surface area contributed by atoms with Crippen LogP contribution in [0.5, 0.6) is 11.5 Å². The fourth-order valence-corrected chi connectivity index (χ4v) is 5.89. The van der Waals surface area contributed by atoms with Crippen LogP contribution in [-0.2, 0) is 22.8 Å². The van der Waals surface area contributed by atoms with Crippen LogP contribution >= 0.6 is 0 Å². The average molecular weight is 460 g/mol. The molecule has 0 aliphatic heterocycles. The fourth-order valence-electron chi connectivity index (χ4n) is 3.09. The molecule has 1 atom stereocenters. The summed E-state index contributed by atoms with van der Waals surface area (Å²) in [5.41, 5.74) is 1.13. The van der Waals surface area contributed by atoms with Gasteiger partial charge >= 0.3 is 8.80 Å². The molecule has 0 aliphatic rings. The summed E-state index contributed by atoms with van der Waals surface area (Å²) >= 11 is 0. The summed E-state index contributed by atoms with van der Waals surface area (Å²) in [4.78, 5) is 0. The molecule has 1 aromatic rings. The van der Waals surface area contributed by atoms with E-state index in [0.717, 1.165) is 18.7 Å². The molecule has 0 amide bonds. The van der Waals surface area contributed by atoms with E-state index in [1.165, 1.54) is 0 Å². The van der Waals surface area contributed by atoms with Crippen LogP contribution in [0.25, 0.3) is 0 Å². The number of anilines is 1. The lowest BCUT2D eigenvalue weighted by Gasteiger charge is -2.33. The molecule has 1 aromatic carbocycles. The van der Waals surface area contributed by atoms with E-state index >= 15 is 0 Å². The van der Waals surface area contributed by atoms with E-state index in [1.54, 1.807) is 14.2 Å².